The second-order valence-electron chi connectivity index (χ2n) is 6.36. The molecule has 1 aromatic heterocycles. The number of hydrogen-bond acceptors (Lipinski definition) is 4. The number of likely N-dealkylation sites (tertiary alicyclic amines) is 1. The Kier molecular flexibility index (Phi) is 4.36. The quantitative estimate of drug-likeness (QED) is 0.904. The van der Waals surface area contributed by atoms with E-state index in [9.17, 15) is 0 Å². The summed E-state index contributed by atoms with van der Waals surface area (Å²) < 4.78 is 2.36. The number of nitrogens with one attached hydrogen (secondary N) is 1. The van der Waals surface area contributed by atoms with Crippen LogP contribution in [0.4, 0.5) is 0 Å². The van der Waals surface area contributed by atoms with Crippen LogP contribution >= 0.6 is 0 Å². The molecule has 0 bridgehead atoms. The molecule has 0 radical (unpaired) electrons. The van der Waals surface area contributed by atoms with E-state index in [-0.39, 0.29) is 0 Å². The third-order valence-electron chi connectivity index (χ3n) is 5.01. The lowest BCUT2D eigenvalue weighted by Gasteiger charge is -2.35. The zero-order valence-electron chi connectivity index (χ0n) is 12.8. The van der Waals surface area contributed by atoms with Crippen molar-refractivity contribution in [1.29, 1.82) is 0 Å². The molecular formula is C15H27N5. The van der Waals surface area contributed by atoms with Gasteiger partial charge in [0.2, 0.25) is 0 Å². The number of aromatic nitrogens is 3. The van der Waals surface area contributed by atoms with Crippen molar-refractivity contribution < 1.29 is 0 Å². The van der Waals surface area contributed by atoms with Crippen molar-refractivity contribution in [3.63, 3.8) is 0 Å². The number of nitrogens with zero attached hydrogens (tertiary/aromatic N) is 4. The summed E-state index contributed by atoms with van der Waals surface area (Å²) in [7, 11) is 2.07. The Labute approximate surface area is 121 Å². The van der Waals surface area contributed by atoms with Gasteiger partial charge in [-0.3, -0.25) is 4.90 Å². The Bertz CT molecular complexity index is 441. The van der Waals surface area contributed by atoms with E-state index >= 15 is 0 Å². The summed E-state index contributed by atoms with van der Waals surface area (Å²) in [6.07, 6.45) is 6.29. The summed E-state index contributed by atoms with van der Waals surface area (Å²) in [5, 5.41) is 12.2. The third kappa shape index (κ3) is 2.88. The van der Waals surface area contributed by atoms with E-state index in [1.165, 1.54) is 50.4 Å². The average molecular weight is 277 g/mol. The maximum atomic E-state index is 4.44. The van der Waals surface area contributed by atoms with Crippen LogP contribution < -0.4 is 5.32 Å². The first kappa shape index (κ1) is 14.0. The lowest BCUT2D eigenvalue weighted by molar-refractivity contribution is 0.142. The summed E-state index contributed by atoms with van der Waals surface area (Å²) in [6, 6.07) is 0.602. The molecule has 0 saturated carbocycles. The predicted octanol–water partition coefficient (Wildman–Crippen LogP) is 1.43. The normalized spacial score (nSPS) is 25.4. The highest BCUT2D eigenvalue weighted by atomic mass is 15.3. The van der Waals surface area contributed by atoms with E-state index in [1.807, 2.05) is 0 Å². The van der Waals surface area contributed by atoms with Gasteiger partial charge in [0.15, 0.2) is 0 Å². The fraction of sp³-hybridized carbons (Fsp3) is 0.867. The van der Waals surface area contributed by atoms with Gasteiger partial charge >= 0.3 is 0 Å². The van der Waals surface area contributed by atoms with E-state index < -0.39 is 0 Å². The van der Waals surface area contributed by atoms with Gasteiger partial charge in [0.25, 0.3) is 0 Å². The maximum absolute atomic E-state index is 4.44. The second kappa shape index (κ2) is 6.22. The van der Waals surface area contributed by atoms with Crippen LogP contribution in [0.3, 0.4) is 0 Å². The Balaban J connectivity index is 1.64. The van der Waals surface area contributed by atoms with Crippen LogP contribution in [0.15, 0.2) is 0 Å². The molecule has 0 aliphatic carbocycles. The average Bonchev–Trinajstić information content (AvgIpc) is 2.90. The van der Waals surface area contributed by atoms with Crippen molar-refractivity contribution in [2.75, 3.05) is 20.1 Å². The molecule has 3 rings (SSSR count). The van der Waals surface area contributed by atoms with Crippen molar-refractivity contribution in [2.24, 2.45) is 5.92 Å². The Morgan fingerprint density at radius 2 is 2.15 bits per heavy atom. The van der Waals surface area contributed by atoms with Crippen molar-refractivity contribution in [2.45, 2.75) is 58.2 Å². The molecule has 5 nitrogen and oxygen atoms in total. The zero-order chi connectivity index (χ0) is 13.9. The van der Waals surface area contributed by atoms with Crippen molar-refractivity contribution in [1.82, 2.24) is 25.0 Å². The van der Waals surface area contributed by atoms with Crippen LogP contribution in [-0.2, 0) is 19.5 Å². The van der Waals surface area contributed by atoms with E-state index in [0.717, 1.165) is 25.4 Å². The highest BCUT2D eigenvalue weighted by Gasteiger charge is 2.25. The SMILES string of the molecule is CNC(C)C1CCCN(Cc2nnc3n2CCCC3)C1. The van der Waals surface area contributed by atoms with Gasteiger partial charge in [-0.15, -0.1) is 10.2 Å². The summed E-state index contributed by atoms with van der Waals surface area (Å²) in [5.74, 6) is 3.14. The maximum Gasteiger partial charge on any atom is 0.147 e. The molecular weight excluding hydrogens is 250 g/mol. The Hall–Kier alpha value is -0.940. The van der Waals surface area contributed by atoms with Crippen LogP contribution in [0.1, 0.15) is 44.3 Å². The van der Waals surface area contributed by atoms with Gasteiger partial charge in [-0.1, -0.05) is 0 Å². The summed E-state index contributed by atoms with van der Waals surface area (Å²) in [6.45, 7) is 6.77. The molecule has 0 amide bonds. The van der Waals surface area contributed by atoms with E-state index in [0.29, 0.717) is 6.04 Å². The second-order valence-corrected chi connectivity index (χ2v) is 6.36. The number of fused-ring (bicyclic) bond motifs is 1. The lowest BCUT2D eigenvalue weighted by Crippen LogP contribution is -2.43. The van der Waals surface area contributed by atoms with Crippen LogP contribution in [0, 0.1) is 5.92 Å². The third-order valence-corrected chi connectivity index (χ3v) is 5.01. The molecule has 3 heterocycles. The molecule has 2 atom stereocenters. The van der Waals surface area contributed by atoms with Gasteiger partial charge in [0.05, 0.1) is 6.54 Å². The molecule has 1 N–H and O–H groups in total. The number of aryl methyl sites for hydroxylation is 1. The molecule has 0 aromatic carbocycles. The minimum Gasteiger partial charge on any atom is -0.317 e. The van der Waals surface area contributed by atoms with Gasteiger partial charge in [-0.25, -0.2) is 0 Å². The number of hydrogen-bond donors (Lipinski definition) is 1. The van der Waals surface area contributed by atoms with Crippen LogP contribution in [0.2, 0.25) is 0 Å². The smallest absolute Gasteiger partial charge is 0.147 e. The fourth-order valence-electron chi connectivity index (χ4n) is 3.56. The first-order valence-corrected chi connectivity index (χ1v) is 8.08. The molecule has 112 valence electrons. The van der Waals surface area contributed by atoms with Gasteiger partial charge in [0.1, 0.15) is 11.6 Å². The lowest BCUT2D eigenvalue weighted by atomic mass is 9.92. The summed E-state index contributed by atoms with van der Waals surface area (Å²) in [5.41, 5.74) is 0. The summed E-state index contributed by atoms with van der Waals surface area (Å²) in [4.78, 5) is 2.56. The van der Waals surface area contributed by atoms with Gasteiger partial charge in [0, 0.05) is 25.6 Å². The highest BCUT2D eigenvalue weighted by Crippen LogP contribution is 2.22. The molecule has 0 spiro atoms. The minimum absolute atomic E-state index is 0.602. The van der Waals surface area contributed by atoms with E-state index in [4.69, 9.17) is 0 Å². The highest BCUT2D eigenvalue weighted by molar-refractivity contribution is 4.99. The molecule has 2 unspecified atom stereocenters. The van der Waals surface area contributed by atoms with E-state index in [1.54, 1.807) is 0 Å². The molecule has 2 aliphatic rings. The fourth-order valence-corrected chi connectivity index (χ4v) is 3.56. The Morgan fingerprint density at radius 1 is 1.25 bits per heavy atom. The molecule has 1 aromatic rings. The molecule has 2 aliphatic heterocycles. The van der Waals surface area contributed by atoms with Crippen LogP contribution in [0.5, 0.6) is 0 Å². The minimum atomic E-state index is 0.602. The van der Waals surface area contributed by atoms with Crippen molar-refractivity contribution >= 4 is 0 Å². The number of piperidine rings is 1. The Morgan fingerprint density at radius 3 is 3.00 bits per heavy atom. The van der Waals surface area contributed by atoms with Gasteiger partial charge in [-0.2, -0.15) is 0 Å². The molecule has 1 saturated heterocycles. The first-order valence-electron chi connectivity index (χ1n) is 8.08. The number of rotatable bonds is 4. The van der Waals surface area contributed by atoms with Gasteiger partial charge in [-0.05, 0) is 52.1 Å². The molecule has 5 heteroatoms. The largest absolute Gasteiger partial charge is 0.317 e. The topological polar surface area (TPSA) is 46.0 Å². The summed E-state index contributed by atoms with van der Waals surface area (Å²) >= 11 is 0. The van der Waals surface area contributed by atoms with Crippen molar-refractivity contribution in [3.8, 4) is 0 Å². The standard InChI is InChI=1S/C15H27N5/c1-12(16-2)13-6-5-8-19(10-13)11-15-18-17-14-7-3-4-9-20(14)15/h12-13,16H,3-11H2,1-2H3. The van der Waals surface area contributed by atoms with Crippen LogP contribution in [0.25, 0.3) is 0 Å². The zero-order valence-corrected chi connectivity index (χ0v) is 12.8. The van der Waals surface area contributed by atoms with E-state index in [2.05, 4.69) is 39.0 Å². The molecule has 20 heavy (non-hydrogen) atoms. The first-order chi connectivity index (χ1) is 9.78. The predicted molar refractivity (Wildman–Crippen MR) is 79.5 cm³/mol. The van der Waals surface area contributed by atoms with Crippen molar-refractivity contribution in [3.05, 3.63) is 11.6 Å². The van der Waals surface area contributed by atoms with Gasteiger partial charge < -0.3 is 9.88 Å². The van der Waals surface area contributed by atoms with Crippen LogP contribution in [-0.4, -0.2) is 45.8 Å². The molecule has 1 fully saturated rings. The monoisotopic (exact) mass is 277 g/mol.